The Morgan fingerprint density at radius 2 is 1.71 bits per heavy atom. The zero-order valence-corrected chi connectivity index (χ0v) is 14.2. The number of carbonyl (C=O) groups is 1. The summed E-state index contributed by atoms with van der Waals surface area (Å²) in [6, 6.07) is 7.20. The predicted molar refractivity (Wildman–Crippen MR) is 89.8 cm³/mol. The van der Waals surface area contributed by atoms with E-state index in [1.165, 1.54) is 38.2 Å². The van der Waals surface area contributed by atoms with Crippen molar-refractivity contribution in [1.29, 1.82) is 0 Å². The van der Waals surface area contributed by atoms with Crippen LogP contribution in [0.1, 0.15) is 44.6 Å². The van der Waals surface area contributed by atoms with Gasteiger partial charge in [0.1, 0.15) is 5.82 Å². The Labute approximate surface area is 142 Å². The van der Waals surface area contributed by atoms with Gasteiger partial charge in [-0.2, -0.15) is 0 Å². The maximum absolute atomic E-state index is 14.3. The molecule has 4 bridgehead atoms. The Hall–Kier alpha value is -1.58. The fourth-order valence-corrected chi connectivity index (χ4v) is 6.47. The van der Waals surface area contributed by atoms with E-state index in [-0.39, 0.29) is 11.8 Å². The second kappa shape index (κ2) is 4.96. The molecule has 4 aliphatic carbocycles. The second-order valence-electron chi connectivity index (χ2n) is 8.79. The SMILES string of the molecule is CC1(c2ccccc2F)CN(C2C3CC4CC(C3)CC2C4)C(=O)N1. The molecule has 1 aromatic rings. The molecular formula is C20H25FN2O. The number of halogens is 1. The Morgan fingerprint density at radius 3 is 2.33 bits per heavy atom. The number of rotatable bonds is 2. The molecule has 5 fully saturated rings. The first kappa shape index (κ1) is 14.7. The van der Waals surface area contributed by atoms with Crippen molar-refractivity contribution in [2.45, 2.75) is 50.6 Å². The molecule has 4 heteroatoms. The smallest absolute Gasteiger partial charge is 0.318 e. The fourth-order valence-electron chi connectivity index (χ4n) is 6.47. The van der Waals surface area contributed by atoms with Gasteiger partial charge in [-0.05, 0) is 68.8 Å². The van der Waals surface area contributed by atoms with Crippen molar-refractivity contribution < 1.29 is 9.18 Å². The fraction of sp³-hybridized carbons (Fsp3) is 0.650. The van der Waals surface area contributed by atoms with Crippen LogP contribution < -0.4 is 5.32 Å². The summed E-state index contributed by atoms with van der Waals surface area (Å²) < 4.78 is 14.3. The van der Waals surface area contributed by atoms with Crippen LogP contribution in [0.5, 0.6) is 0 Å². The Bertz CT molecular complexity index is 662. The van der Waals surface area contributed by atoms with Gasteiger partial charge in [-0.15, -0.1) is 0 Å². The van der Waals surface area contributed by atoms with Crippen molar-refractivity contribution in [3.05, 3.63) is 35.6 Å². The Balaban J connectivity index is 1.44. The average Bonchev–Trinajstić information content (AvgIpc) is 2.82. The van der Waals surface area contributed by atoms with Crippen LogP contribution in [0.3, 0.4) is 0 Å². The zero-order chi connectivity index (χ0) is 16.5. The summed E-state index contributed by atoms with van der Waals surface area (Å²) in [5.41, 5.74) is -0.0263. The highest BCUT2D eigenvalue weighted by molar-refractivity contribution is 5.79. The van der Waals surface area contributed by atoms with Crippen molar-refractivity contribution >= 4 is 6.03 Å². The van der Waals surface area contributed by atoms with Crippen molar-refractivity contribution in [3.63, 3.8) is 0 Å². The van der Waals surface area contributed by atoms with E-state index in [0.29, 0.717) is 30.0 Å². The van der Waals surface area contributed by atoms with Crippen LogP contribution in [-0.2, 0) is 5.54 Å². The number of hydrogen-bond acceptors (Lipinski definition) is 1. The van der Waals surface area contributed by atoms with Crippen LogP contribution in [0.15, 0.2) is 24.3 Å². The highest BCUT2D eigenvalue weighted by Gasteiger charge is 2.54. The van der Waals surface area contributed by atoms with Crippen LogP contribution in [0.25, 0.3) is 0 Å². The highest BCUT2D eigenvalue weighted by atomic mass is 19.1. The molecule has 0 aromatic heterocycles. The van der Waals surface area contributed by atoms with E-state index >= 15 is 0 Å². The summed E-state index contributed by atoms with van der Waals surface area (Å²) in [6.45, 7) is 2.54. The second-order valence-corrected chi connectivity index (χ2v) is 8.79. The van der Waals surface area contributed by atoms with Gasteiger partial charge in [0.25, 0.3) is 0 Å². The molecule has 2 amide bonds. The van der Waals surface area contributed by atoms with Gasteiger partial charge in [-0.3, -0.25) is 0 Å². The first-order chi connectivity index (χ1) is 11.5. The topological polar surface area (TPSA) is 32.3 Å². The van der Waals surface area contributed by atoms with Gasteiger partial charge in [-0.25, -0.2) is 9.18 Å². The first-order valence-electron chi connectivity index (χ1n) is 9.37. The quantitative estimate of drug-likeness (QED) is 0.877. The van der Waals surface area contributed by atoms with E-state index in [2.05, 4.69) is 10.2 Å². The van der Waals surface area contributed by atoms with Crippen molar-refractivity contribution in [2.24, 2.45) is 23.7 Å². The summed E-state index contributed by atoms with van der Waals surface area (Å²) >= 11 is 0. The van der Waals surface area contributed by atoms with Crippen LogP contribution in [0.2, 0.25) is 0 Å². The molecule has 1 atom stereocenters. The van der Waals surface area contributed by atoms with Gasteiger partial charge in [0.2, 0.25) is 0 Å². The lowest BCUT2D eigenvalue weighted by molar-refractivity contribution is -0.0483. The molecule has 128 valence electrons. The summed E-state index contributed by atoms with van der Waals surface area (Å²) in [6.07, 6.45) is 6.57. The minimum Gasteiger partial charge on any atom is -0.327 e. The van der Waals surface area contributed by atoms with Gasteiger partial charge in [-0.1, -0.05) is 18.2 Å². The molecule has 1 saturated heterocycles. The number of benzene rings is 1. The van der Waals surface area contributed by atoms with E-state index in [0.717, 1.165) is 11.8 Å². The normalized spacial score (nSPS) is 43.3. The minimum atomic E-state index is -0.628. The third-order valence-corrected chi connectivity index (χ3v) is 7.14. The molecule has 1 N–H and O–H groups in total. The maximum atomic E-state index is 14.3. The number of nitrogens with one attached hydrogen (secondary N) is 1. The number of amides is 2. The molecule has 1 heterocycles. The summed E-state index contributed by atoms with van der Waals surface area (Å²) in [5, 5.41) is 3.09. The number of nitrogens with zero attached hydrogens (tertiary/aromatic N) is 1. The van der Waals surface area contributed by atoms with Gasteiger partial charge in [0.15, 0.2) is 0 Å². The van der Waals surface area contributed by atoms with Gasteiger partial charge < -0.3 is 10.2 Å². The van der Waals surface area contributed by atoms with Gasteiger partial charge in [0.05, 0.1) is 5.54 Å². The largest absolute Gasteiger partial charge is 0.327 e. The maximum Gasteiger partial charge on any atom is 0.318 e. The molecule has 1 aromatic carbocycles. The first-order valence-corrected chi connectivity index (χ1v) is 9.37. The molecule has 1 aliphatic heterocycles. The predicted octanol–water partition coefficient (Wildman–Crippen LogP) is 3.89. The lowest BCUT2D eigenvalue weighted by Crippen LogP contribution is -2.56. The van der Waals surface area contributed by atoms with E-state index in [1.54, 1.807) is 12.1 Å². The van der Waals surface area contributed by atoms with E-state index in [1.807, 2.05) is 13.0 Å². The molecule has 0 radical (unpaired) electrons. The molecule has 5 aliphatic rings. The standard InChI is InChI=1S/C20H25FN2O/c1-20(16-4-2-3-5-17(16)21)11-23(19(24)22-20)18-14-7-12-6-13(9-14)10-15(18)8-12/h2-5,12-15,18H,6-11H2,1H3,(H,22,24). The van der Waals surface area contributed by atoms with Gasteiger partial charge >= 0.3 is 6.03 Å². The van der Waals surface area contributed by atoms with E-state index in [4.69, 9.17) is 0 Å². The molecule has 6 rings (SSSR count). The molecule has 1 unspecified atom stereocenters. The zero-order valence-electron chi connectivity index (χ0n) is 14.2. The lowest BCUT2D eigenvalue weighted by Gasteiger charge is -2.56. The van der Waals surface area contributed by atoms with Gasteiger partial charge in [0, 0.05) is 18.2 Å². The summed E-state index contributed by atoms with van der Waals surface area (Å²) in [4.78, 5) is 14.8. The van der Waals surface area contributed by atoms with E-state index < -0.39 is 5.54 Å². The third-order valence-electron chi connectivity index (χ3n) is 7.14. The van der Waals surface area contributed by atoms with Crippen molar-refractivity contribution in [3.8, 4) is 0 Å². The summed E-state index contributed by atoms with van der Waals surface area (Å²) in [7, 11) is 0. The molecule has 4 saturated carbocycles. The molecule has 3 nitrogen and oxygen atoms in total. The third kappa shape index (κ3) is 2.04. The Kier molecular flexibility index (Phi) is 3.05. The Morgan fingerprint density at radius 1 is 1.08 bits per heavy atom. The summed E-state index contributed by atoms with van der Waals surface area (Å²) in [5.74, 6) is 2.89. The van der Waals surface area contributed by atoms with Crippen LogP contribution in [0.4, 0.5) is 9.18 Å². The van der Waals surface area contributed by atoms with Crippen LogP contribution in [0, 0.1) is 29.5 Å². The molecular weight excluding hydrogens is 303 g/mol. The van der Waals surface area contributed by atoms with E-state index in [9.17, 15) is 9.18 Å². The number of hydrogen-bond donors (Lipinski definition) is 1. The number of carbonyl (C=O) groups excluding carboxylic acids is 1. The van der Waals surface area contributed by atoms with Crippen molar-refractivity contribution in [1.82, 2.24) is 10.2 Å². The monoisotopic (exact) mass is 328 g/mol. The van der Waals surface area contributed by atoms with Crippen molar-refractivity contribution in [2.75, 3.05) is 6.54 Å². The lowest BCUT2D eigenvalue weighted by atomic mass is 9.54. The minimum absolute atomic E-state index is 0.00164. The highest BCUT2D eigenvalue weighted by Crippen LogP contribution is 2.55. The van der Waals surface area contributed by atoms with Crippen LogP contribution >= 0.6 is 0 Å². The molecule has 0 spiro atoms. The average molecular weight is 328 g/mol. The molecule has 24 heavy (non-hydrogen) atoms. The number of urea groups is 1. The van der Waals surface area contributed by atoms with Crippen LogP contribution in [-0.4, -0.2) is 23.5 Å².